The first-order valence-corrected chi connectivity index (χ1v) is 4.96. The zero-order chi connectivity index (χ0) is 9.10. The summed E-state index contributed by atoms with van der Waals surface area (Å²) in [6.45, 7) is 2.15. The molecule has 13 heavy (non-hydrogen) atoms. The summed E-state index contributed by atoms with van der Waals surface area (Å²) in [4.78, 5) is 4.60. The van der Waals surface area contributed by atoms with E-state index in [1.165, 1.54) is 25.0 Å². The zero-order valence-electron chi connectivity index (χ0n) is 8.03. The quantitative estimate of drug-likeness (QED) is 0.606. The molecule has 1 heteroatoms. The number of rotatable bonds is 2. The van der Waals surface area contributed by atoms with Crippen molar-refractivity contribution in [3.8, 4) is 0 Å². The van der Waals surface area contributed by atoms with Crippen molar-refractivity contribution in [3.63, 3.8) is 0 Å². The maximum absolute atomic E-state index is 4.60. The van der Waals surface area contributed by atoms with Crippen LogP contribution in [0.1, 0.15) is 26.2 Å². The van der Waals surface area contributed by atoms with Gasteiger partial charge in [-0.3, -0.25) is 4.99 Å². The Balaban J connectivity index is 2.10. The fraction of sp³-hybridized carbons (Fsp3) is 0.417. The molecule has 0 aromatic heterocycles. The summed E-state index contributed by atoms with van der Waals surface area (Å²) in [5.41, 5.74) is 2.39. The molecule has 1 aromatic rings. The van der Waals surface area contributed by atoms with Crippen LogP contribution in [-0.4, -0.2) is 5.71 Å². The Hall–Kier alpha value is -1.11. The minimum Gasteiger partial charge on any atom is -0.258 e. The average molecular weight is 173 g/mol. The zero-order valence-corrected chi connectivity index (χ0v) is 8.03. The number of aliphatic imine (C=N–C) groups is 1. The van der Waals surface area contributed by atoms with Crippen LogP contribution < -0.4 is 0 Å². The van der Waals surface area contributed by atoms with Gasteiger partial charge in [0.2, 0.25) is 0 Å². The third-order valence-corrected chi connectivity index (χ3v) is 2.76. The lowest BCUT2D eigenvalue weighted by Gasteiger charge is -2.25. The highest BCUT2D eigenvalue weighted by atomic mass is 14.7. The molecule has 0 aliphatic heterocycles. The molecule has 0 radical (unpaired) electrons. The first kappa shape index (κ1) is 8.49. The number of hydrogen-bond acceptors (Lipinski definition) is 1. The second-order valence-electron chi connectivity index (χ2n) is 3.72. The smallest absolute Gasteiger partial charge is 0.0629 e. The van der Waals surface area contributed by atoms with Gasteiger partial charge in [-0.05, 0) is 37.8 Å². The van der Waals surface area contributed by atoms with Gasteiger partial charge in [-0.1, -0.05) is 24.6 Å². The SMILES string of the molecule is C/C(=N\c1ccccc1)C1CCC1. The van der Waals surface area contributed by atoms with E-state index in [9.17, 15) is 0 Å². The lowest BCUT2D eigenvalue weighted by Crippen LogP contribution is -2.18. The van der Waals surface area contributed by atoms with E-state index in [1.54, 1.807) is 0 Å². The lowest BCUT2D eigenvalue weighted by atomic mass is 9.82. The van der Waals surface area contributed by atoms with Crippen LogP contribution in [-0.2, 0) is 0 Å². The van der Waals surface area contributed by atoms with Crippen molar-refractivity contribution in [2.24, 2.45) is 10.9 Å². The molecule has 1 aromatic carbocycles. The molecule has 68 valence electrons. The van der Waals surface area contributed by atoms with Crippen LogP contribution in [0, 0.1) is 5.92 Å². The van der Waals surface area contributed by atoms with Gasteiger partial charge in [-0.15, -0.1) is 0 Å². The normalized spacial score (nSPS) is 18.4. The number of benzene rings is 1. The topological polar surface area (TPSA) is 12.4 Å². The highest BCUT2D eigenvalue weighted by molar-refractivity contribution is 5.87. The summed E-state index contributed by atoms with van der Waals surface area (Å²) < 4.78 is 0. The Morgan fingerprint density at radius 1 is 1.23 bits per heavy atom. The van der Waals surface area contributed by atoms with Gasteiger partial charge in [0.05, 0.1) is 5.69 Å². The molecule has 0 N–H and O–H groups in total. The summed E-state index contributed by atoms with van der Waals surface area (Å²) in [6.07, 6.45) is 4.05. The van der Waals surface area contributed by atoms with Crippen LogP contribution in [0.5, 0.6) is 0 Å². The highest BCUT2D eigenvalue weighted by Gasteiger charge is 2.19. The number of nitrogens with zero attached hydrogens (tertiary/aromatic N) is 1. The van der Waals surface area contributed by atoms with Gasteiger partial charge in [-0.2, -0.15) is 0 Å². The lowest BCUT2D eigenvalue weighted by molar-refractivity contribution is 0.412. The second kappa shape index (κ2) is 3.73. The molecule has 1 nitrogen and oxygen atoms in total. The van der Waals surface area contributed by atoms with Crippen LogP contribution in [0.4, 0.5) is 5.69 Å². The fourth-order valence-corrected chi connectivity index (χ4v) is 1.62. The Morgan fingerprint density at radius 2 is 1.92 bits per heavy atom. The minimum absolute atomic E-state index is 0.764. The molecule has 0 heterocycles. The van der Waals surface area contributed by atoms with E-state index < -0.39 is 0 Å². The van der Waals surface area contributed by atoms with E-state index in [4.69, 9.17) is 0 Å². The van der Waals surface area contributed by atoms with E-state index in [2.05, 4.69) is 24.0 Å². The van der Waals surface area contributed by atoms with Gasteiger partial charge < -0.3 is 0 Å². The molecule has 0 spiro atoms. The molecule has 1 aliphatic rings. The van der Waals surface area contributed by atoms with Crippen molar-refractivity contribution in [1.82, 2.24) is 0 Å². The van der Waals surface area contributed by atoms with Crippen molar-refractivity contribution >= 4 is 11.4 Å². The summed E-state index contributed by atoms with van der Waals surface area (Å²) in [5, 5.41) is 0. The van der Waals surface area contributed by atoms with Gasteiger partial charge in [-0.25, -0.2) is 0 Å². The fourth-order valence-electron chi connectivity index (χ4n) is 1.62. The standard InChI is InChI=1S/C12H15N/c1-10(11-6-5-7-11)13-12-8-3-2-4-9-12/h2-4,8-9,11H,5-7H2,1H3/b13-10+. The Kier molecular flexibility index (Phi) is 2.44. The van der Waals surface area contributed by atoms with Crippen molar-refractivity contribution < 1.29 is 0 Å². The molecular weight excluding hydrogens is 158 g/mol. The van der Waals surface area contributed by atoms with Crippen LogP contribution in [0.3, 0.4) is 0 Å². The molecule has 1 fully saturated rings. The van der Waals surface area contributed by atoms with Crippen molar-refractivity contribution in [2.45, 2.75) is 26.2 Å². The maximum Gasteiger partial charge on any atom is 0.0629 e. The molecule has 1 saturated carbocycles. The first-order valence-electron chi connectivity index (χ1n) is 4.96. The van der Waals surface area contributed by atoms with Gasteiger partial charge >= 0.3 is 0 Å². The van der Waals surface area contributed by atoms with Gasteiger partial charge in [0.1, 0.15) is 0 Å². The summed E-state index contributed by atoms with van der Waals surface area (Å²) in [6, 6.07) is 10.2. The van der Waals surface area contributed by atoms with Crippen LogP contribution in [0.2, 0.25) is 0 Å². The summed E-state index contributed by atoms with van der Waals surface area (Å²) in [5.74, 6) is 0.764. The van der Waals surface area contributed by atoms with Crippen molar-refractivity contribution in [2.75, 3.05) is 0 Å². The van der Waals surface area contributed by atoms with Crippen LogP contribution >= 0.6 is 0 Å². The molecule has 2 rings (SSSR count). The van der Waals surface area contributed by atoms with Gasteiger partial charge in [0.15, 0.2) is 0 Å². The molecule has 0 saturated heterocycles. The van der Waals surface area contributed by atoms with E-state index in [-0.39, 0.29) is 0 Å². The maximum atomic E-state index is 4.60. The van der Waals surface area contributed by atoms with E-state index >= 15 is 0 Å². The largest absolute Gasteiger partial charge is 0.258 e. The predicted octanol–water partition coefficient (Wildman–Crippen LogP) is 3.58. The summed E-state index contributed by atoms with van der Waals surface area (Å²) in [7, 11) is 0. The molecule has 0 atom stereocenters. The highest BCUT2D eigenvalue weighted by Crippen LogP contribution is 2.28. The molecule has 1 aliphatic carbocycles. The molecule has 0 amide bonds. The number of para-hydroxylation sites is 1. The third kappa shape index (κ3) is 1.97. The van der Waals surface area contributed by atoms with E-state index in [1.807, 2.05) is 18.2 Å². The van der Waals surface area contributed by atoms with Crippen molar-refractivity contribution in [1.29, 1.82) is 0 Å². The Bertz CT molecular complexity index is 296. The first-order chi connectivity index (χ1) is 6.36. The monoisotopic (exact) mass is 173 g/mol. The molecular formula is C12H15N. The van der Waals surface area contributed by atoms with Crippen LogP contribution in [0.25, 0.3) is 0 Å². The predicted molar refractivity (Wildman–Crippen MR) is 56.6 cm³/mol. The Morgan fingerprint density at radius 3 is 2.46 bits per heavy atom. The van der Waals surface area contributed by atoms with E-state index in [0.29, 0.717) is 0 Å². The van der Waals surface area contributed by atoms with Crippen molar-refractivity contribution in [3.05, 3.63) is 30.3 Å². The Labute approximate surface area is 79.5 Å². The van der Waals surface area contributed by atoms with Crippen LogP contribution in [0.15, 0.2) is 35.3 Å². The van der Waals surface area contributed by atoms with Gasteiger partial charge in [0.25, 0.3) is 0 Å². The third-order valence-electron chi connectivity index (χ3n) is 2.76. The number of hydrogen-bond donors (Lipinski definition) is 0. The minimum atomic E-state index is 0.764. The summed E-state index contributed by atoms with van der Waals surface area (Å²) >= 11 is 0. The van der Waals surface area contributed by atoms with E-state index in [0.717, 1.165) is 11.6 Å². The molecule has 0 unspecified atom stereocenters. The second-order valence-corrected chi connectivity index (χ2v) is 3.72. The average Bonchev–Trinajstić information content (AvgIpc) is 2.02. The van der Waals surface area contributed by atoms with Gasteiger partial charge in [0, 0.05) is 5.71 Å². The molecule has 0 bridgehead atoms.